The number of hydrogen-bond acceptors (Lipinski definition) is 3. The van der Waals surface area contributed by atoms with Crippen LogP contribution >= 0.6 is 0 Å². The number of esters is 1. The minimum Gasteiger partial charge on any atom is -0.452 e. The highest BCUT2D eigenvalue weighted by molar-refractivity contribution is 5.91. The molecular weight excluding hydrogens is 268 g/mol. The lowest BCUT2D eigenvalue weighted by molar-refractivity contribution is -0.124. The smallest absolute Gasteiger partial charge is 0.344 e. The number of rotatable bonds is 4. The molecule has 20 heavy (non-hydrogen) atoms. The van der Waals surface area contributed by atoms with Crippen LogP contribution in [0.15, 0.2) is 18.2 Å². The fourth-order valence-electron chi connectivity index (χ4n) is 2.24. The first-order valence-electron chi connectivity index (χ1n) is 6.48. The number of carbonyl (C=O) groups excluding carboxylic acids is 2. The first-order chi connectivity index (χ1) is 9.58. The molecule has 4 nitrogen and oxygen atoms in total. The second kappa shape index (κ2) is 6.45. The fraction of sp³-hybridized carbons (Fsp3) is 0.429. The van der Waals surface area contributed by atoms with Gasteiger partial charge < -0.3 is 10.1 Å². The molecule has 0 atom stereocenters. The van der Waals surface area contributed by atoms with Crippen LogP contribution in [0.25, 0.3) is 0 Å². The van der Waals surface area contributed by atoms with Crippen molar-refractivity contribution in [2.75, 3.05) is 6.61 Å². The minimum atomic E-state index is -1.18. The van der Waals surface area contributed by atoms with Crippen LogP contribution in [0, 0.1) is 11.6 Å². The van der Waals surface area contributed by atoms with Crippen LogP contribution in [0.2, 0.25) is 0 Å². The molecule has 2 rings (SSSR count). The van der Waals surface area contributed by atoms with Crippen molar-refractivity contribution >= 4 is 11.9 Å². The number of nitrogens with one attached hydrogen (secondary N) is 1. The third-order valence-electron chi connectivity index (χ3n) is 3.22. The molecule has 1 aliphatic rings. The Morgan fingerprint density at radius 1 is 1.20 bits per heavy atom. The van der Waals surface area contributed by atoms with Crippen LogP contribution in [0.5, 0.6) is 0 Å². The second-order valence-corrected chi connectivity index (χ2v) is 4.72. The van der Waals surface area contributed by atoms with E-state index >= 15 is 0 Å². The van der Waals surface area contributed by atoms with Gasteiger partial charge in [0, 0.05) is 6.04 Å². The number of ether oxygens (including phenoxy) is 1. The topological polar surface area (TPSA) is 55.4 Å². The maximum Gasteiger partial charge on any atom is 0.344 e. The highest BCUT2D eigenvalue weighted by atomic mass is 19.1. The summed E-state index contributed by atoms with van der Waals surface area (Å²) >= 11 is 0. The molecule has 0 radical (unpaired) electrons. The largest absolute Gasteiger partial charge is 0.452 e. The Balaban J connectivity index is 1.87. The van der Waals surface area contributed by atoms with Gasteiger partial charge in [0.15, 0.2) is 6.61 Å². The lowest BCUT2D eigenvalue weighted by Gasteiger charge is -2.12. The van der Waals surface area contributed by atoms with Gasteiger partial charge >= 0.3 is 5.97 Å². The molecule has 1 aromatic carbocycles. The zero-order valence-electron chi connectivity index (χ0n) is 10.8. The average molecular weight is 283 g/mol. The molecule has 0 saturated heterocycles. The first-order valence-corrected chi connectivity index (χ1v) is 6.48. The van der Waals surface area contributed by atoms with Gasteiger partial charge in [-0.15, -0.1) is 0 Å². The van der Waals surface area contributed by atoms with E-state index in [9.17, 15) is 18.4 Å². The molecule has 1 aliphatic carbocycles. The number of hydrogen-bond donors (Lipinski definition) is 1. The second-order valence-electron chi connectivity index (χ2n) is 4.72. The third kappa shape index (κ3) is 3.53. The van der Waals surface area contributed by atoms with Crippen molar-refractivity contribution in [2.45, 2.75) is 31.7 Å². The van der Waals surface area contributed by atoms with Crippen LogP contribution in [0.3, 0.4) is 0 Å². The summed E-state index contributed by atoms with van der Waals surface area (Å²) < 4.78 is 31.3. The quantitative estimate of drug-likeness (QED) is 0.862. The Bertz CT molecular complexity index is 493. The summed E-state index contributed by atoms with van der Waals surface area (Å²) in [5, 5.41) is 2.71. The number of amides is 1. The highest BCUT2D eigenvalue weighted by Gasteiger charge is 2.21. The van der Waals surface area contributed by atoms with E-state index in [0.29, 0.717) is 0 Å². The van der Waals surface area contributed by atoms with E-state index in [0.717, 1.165) is 43.9 Å². The van der Waals surface area contributed by atoms with Gasteiger partial charge in [-0.25, -0.2) is 13.6 Å². The fourth-order valence-corrected chi connectivity index (χ4v) is 2.24. The molecule has 6 heteroatoms. The Labute approximate surface area is 115 Å². The van der Waals surface area contributed by atoms with Crippen LogP contribution in [0.1, 0.15) is 36.0 Å². The van der Waals surface area contributed by atoms with Gasteiger partial charge in [0.1, 0.15) is 17.2 Å². The Morgan fingerprint density at radius 2 is 1.80 bits per heavy atom. The number of halogens is 2. The van der Waals surface area contributed by atoms with E-state index in [1.165, 1.54) is 0 Å². The van der Waals surface area contributed by atoms with Gasteiger partial charge in [0.05, 0.1) is 0 Å². The summed E-state index contributed by atoms with van der Waals surface area (Å²) in [4.78, 5) is 23.1. The van der Waals surface area contributed by atoms with Gasteiger partial charge in [-0.1, -0.05) is 18.9 Å². The van der Waals surface area contributed by atoms with Crippen LogP contribution < -0.4 is 5.32 Å². The lowest BCUT2D eigenvalue weighted by atomic mass is 10.2. The zero-order valence-corrected chi connectivity index (χ0v) is 10.8. The van der Waals surface area contributed by atoms with Gasteiger partial charge in [-0.2, -0.15) is 0 Å². The van der Waals surface area contributed by atoms with Crippen LogP contribution in [-0.4, -0.2) is 24.5 Å². The molecule has 0 aromatic heterocycles. The van der Waals surface area contributed by atoms with Gasteiger partial charge in [-0.3, -0.25) is 4.79 Å². The standard InChI is InChI=1S/C14H15F2NO3/c15-10-6-3-7-11(16)13(10)14(19)20-8-12(18)17-9-4-1-2-5-9/h3,6-7,9H,1-2,4-5,8H2,(H,17,18). The number of carbonyl (C=O) groups is 2. The molecule has 0 unspecified atom stereocenters. The van der Waals surface area contributed by atoms with Crippen molar-refractivity contribution in [3.8, 4) is 0 Å². The van der Waals surface area contributed by atoms with Crippen molar-refractivity contribution in [1.29, 1.82) is 0 Å². The summed E-state index contributed by atoms with van der Waals surface area (Å²) in [5.41, 5.74) is -0.777. The first kappa shape index (κ1) is 14.4. The molecule has 1 N–H and O–H groups in total. The molecule has 1 saturated carbocycles. The predicted molar refractivity (Wildman–Crippen MR) is 67.0 cm³/mol. The molecular formula is C14H15F2NO3. The maximum atomic E-state index is 13.3. The molecule has 1 fully saturated rings. The van der Waals surface area contributed by atoms with Crippen molar-refractivity contribution in [3.05, 3.63) is 35.4 Å². The molecule has 108 valence electrons. The summed E-state index contributed by atoms with van der Waals surface area (Å²) in [6, 6.07) is 3.16. The van der Waals surface area contributed by atoms with E-state index < -0.39 is 35.7 Å². The van der Waals surface area contributed by atoms with Crippen LogP contribution in [-0.2, 0) is 9.53 Å². The minimum absolute atomic E-state index is 0.103. The van der Waals surface area contributed by atoms with E-state index in [1.807, 2.05) is 0 Å². The van der Waals surface area contributed by atoms with E-state index in [2.05, 4.69) is 10.1 Å². The Morgan fingerprint density at radius 3 is 2.40 bits per heavy atom. The molecule has 0 aliphatic heterocycles. The molecule has 0 spiro atoms. The van der Waals surface area contributed by atoms with Gasteiger partial charge in [0.2, 0.25) is 0 Å². The molecule has 0 bridgehead atoms. The monoisotopic (exact) mass is 283 g/mol. The van der Waals surface area contributed by atoms with Crippen molar-refractivity contribution in [1.82, 2.24) is 5.32 Å². The molecule has 1 amide bonds. The van der Waals surface area contributed by atoms with E-state index in [-0.39, 0.29) is 6.04 Å². The van der Waals surface area contributed by atoms with Crippen LogP contribution in [0.4, 0.5) is 8.78 Å². The van der Waals surface area contributed by atoms with E-state index in [1.54, 1.807) is 0 Å². The van der Waals surface area contributed by atoms with Crippen molar-refractivity contribution < 1.29 is 23.1 Å². The normalized spacial score (nSPS) is 15.1. The van der Waals surface area contributed by atoms with E-state index in [4.69, 9.17) is 0 Å². The van der Waals surface area contributed by atoms with Gasteiger partial charge in [0.25, 0.3) is 5.91 Å². The van der Waals surface area contributed by atoms with Gasteiger partial charge in [-0.05, 0) is 25.0 Å². The number of benzene rings is 1. The Kier molecular flexibility index (Phi) is 4.65. The van der Waals surface area contributed by atoms with Crippen molar-refractivity contribution in [2.24, 2.45) is 0 Å². The lowest BCUT2D eigenvalue weighted by Crippen LogP contribution is -2.36. The average Bonchev–Trinajstić information content (AvgIpc) is 2.89. The summed E-state index contributed by atoms with van der Waals surface area (Å²) in [6.07, 6.45) is 3.93. The predicted octanol–water partition coefficient (Wildman–Crippen LogP) is 2.18. The summed E-state index contributed by atoms with van der Waals surface area (Å²) in [6.45, 7) is -0.539. The third-order valence-corrected chi connectivity index (χ3v) is 3.22. The Hall–Kier alpha value is -1.98. The van der Waals surface area contributed by atoms with Crippen molar-refractivity contribution in [3.63, 3.8) is 0 Å². The zero-order chi connectivity index (χ0) is 14.5. The highest BCUT2D eigenvalue weighted by Crippen LogP contribution is 2.17. The molecule has 1 aromatic rings. The SMILES string of the molecule is O=C(COC(=O)c1c(F)cccc1F)NC1CCCC1. The summed E-state index contributed by atoms with van der Waals surface area (Å²) in [5.74, 6) is -3.65. The summed E-state index contributed by atoms with van der Waals surface area (Å²) in [7, 11) is 0. The maximum absolute atomic E-state index is 13.3. The molecule has 0 heterocycles.